The molecule has 0 unspecified atom stereocenters. The quantitative estimate of drug-likeness (QED) is 0.644. The molecule has 0 bridgehead atoms. The molecule has 25 heavy (non-hydrogen) atoms. The maximum absolute atomic E-state index is 12.4. The van der Waals surface area contributed by atoms with Crippen molar-refractivity contribution >= 4 is 10.1 Å². The number of hydrogen-bond donors (Lipinski definition) is 1. The second-order valence-corrected chi connectivity index (χ2v) is 7.15. The van der Waals surface area contributed by atoms with Crippen LogP contribution in [-0.4, -0.2) is 49.6 Å². The van der Waals surface area contributed by atoms with E-state index in [4.69, 9.17) is 9.29 Å². The molecule has 1 aromatic heterocycles. The molecule has 0 aliphatic heterocycles. The Kier molecular flexibility index (Phi) is 7.95. The van der Waals surface area contributed by atoms with Crippen LogP contribution in [0.1, 0.15) is 12.5 Å². The van der Waals surface area contributed by atoms with Crippen LogP contribution >= 0.6 is 0 Å². The molecule has 0 fully saturated rings. The topological polar surface area (TPSA) is 79.7 Å². The first-order chi connectivity index (χ1) is 11.6. The minimum absolute atomic E-state index is 0.0666. The van der Waals surface area contributed by atoms with Gasteiger partial charge in [0.05, 0.1) is 11.1 Å². The molecule has 0 spiro atoms. The standard InChI is InChI=1S/C10H15FN2O.C7H8O3S/c1-8(13(2)3)7-14-9-4-5-10(11)12-6-9;1-6-2-4-7(5-3-6)11(8,9)10/h4-6,8H,7H2,1-3H3;2-5H,1H3,(H,8,9,10)/t8-;/m1./s1. The number of likely N-dealkylation sites (N-methyl/N-ethyl adjacent to an activating group) is 1. The Balaban J connectivity index is 0.000000257. The van der Waals surface area contributed by atoms with E-state index in [-0.39, 0.29) is 4.90 Å². The van der Waals surface area contributed by atoms with Crippen molar-refractivity contribution in [1.82, 2.24) is 9.88 Å². The first-order valence-electron chi connectivity index (χ1n) is 7.54. The summed E-state index contributed by atoms with van der Waals surface area (Å²) >= 11 is 0. The number of halogens is 1. The van der Waals surface area contributed by atoms with Crippen molar-refractivity contribution in [2.45, 2.75) is 24.8 Å². The van der Waals surface area contributed by atoms with E-state index in [1.807, 2.05) is 21.0 Å². The third-order valence-electron chi connectivity index (χ3n) is 3.39. The highest BCUT2D eigenvalue weighted by molar-refractivity contribution is 7.85. The van der Waals surface area contributed by atoms with Crippen molar-refractivity contribution in [2.75, 3.05) is 20.7 Å². The van der Waals surface area contributed by atoms with E-state index in [1.165, 1.54) is 24.4 Å². The fourth-order valence-corrected chi connectivity index (χ4v) is 2.00. The number of nitrogens with zero attached hydrogens (tertiary/aromatic N) is 2. The molecule has 0 saturated carbocycles. The molecule has 8 heteroatoms. The number of ether oxygens (including phenoxy) is 1. The van der Waals surface area contributed by atoms with Crippen LogP contribution < -0.4 is 4.74 Å². The van der Waals surface area contributed by atoms with Gasteiger partial charge in [-0.3, -0.25) is 4.55 Å². The molecule has 1 atom stereocenters. The Morgan fingerprint density at radius 2 is 1.80 bits per heavy atom. The lowest BCUT2D eigenvalue weighted by molar-refractivity contribution is 0.197. The van der Waals surface area contributed by atoms with E-state index >= 15 is 0 Å². The summed E-state index contributed by atoms with van der Waals surface area (Å²) in [6.45, 7) is 4.46. The number of aromatic nitrogens is 1. The Labute approximate surface area is 148 Å². The SMILES string of the molecule is C[C@H](COc1ccc(F)nc1)N(C)C.Cc1ccc(S(=O)(=O)O)cc1. The molecule has 1 heterocycles. The van der Waals surface area contributed by atoms with E-state index < -0.39 is 16.1 Å². The normalized spacial score (nSPS) is 12.3. The van der Waals surface area contributed by atoms with Crippen LogP contribution in [-0.2, 0) is 10.1 Å². The van der Waals surface area contributed by atoms with E-state index in [9.17, 15) is 12.8 Å². The predicted molar refractivity (Wildman–Crippen MR) is 93.8 cm³/mol. The van der Waals surface area contributed by atoms with Crippen LogP contribution in [0.4, 0.5) is 4.39 Å². The zero-order chi connectivity index (χ0) is 19.0. The summed E-state index contributed by atoms with van der Waals surface area (Å²) in [6.07, 6.45) is 1.39. The van der Waals surface area contributed by atoms with Crippen LogP contribution in [0.2, 0.25) is 0 Å². The summed E-state index contributed by atoms with van der Waals surface area (Å²) in [4.78, 5) is 5.48. The van der Waals surface area contributed by atoms with Crippen molar-refractivity contribution in [2.24, 2.45) is 0 Å². The van der Waals surface area contributed by atoms with Gasteiger partial charge < -0.3 is 9.64 Å². The molecule has 138 valence electrons. The number of rotatable bonds is 5. The zero-order valence-electron chi connectivity index (χ0n) is 14.7. The second-order valence-electron chi connectivity index (χ2n) is 5.73. The lowest BCUT2D eigenvalue weighted by Crippen LogP contribution is -2.30. The minimum atomic E-state index is -4.02. The zero-order valence-corrected chi connectivity index (χ0v) is 15.5. The molecule has 2 rings (SSSR count). The van der Waals surface area contributed by atoms with Gasteiger partial charge >= 0.3 is 0 Å². The second kappa shape index (κ2) is 9.45. The van der Waals surface area contributed by atoms with Gasteiger partial charge in [-0.15, -0.1) is 0 Å². The fraction of sp³-hybridized carbons (Fsp3) is 0.353. The van der Waals surface area contributed by atoms with Crippen LogP contribution in [0.15, 0.2) is 47.5 Å². The first kappa shape index (κ1) is 21.0. The Morgan fingerprint density at radius 1 is 1.20 bits per heavy atom. The van der Waals surface area contributed by atoms with Gasteiger partial charge in [-0.1, -0.05) is 17.7 Å². The van der Waals surface area contributed by atoms with E-state index in [2.05, 4.69) is 16.8 Å². The summed E-state index contributed by atoms with van der Waals surface area (Å²) in [5.41, 5.74) is 0.956. The molecule has 1 aromatic carbocycles. The van der Waals surface area contributed by atoms with Gasteiger partial charge in [0.25, 0.3) is 10.1 Å². The highest BCUT2D eigenvalue weighted by Crippen LogP contribution is 2.09. The van der Waals surface area contributed by atoms with E-state index in [1.54, 1.807) is 18.2 Å². The van der Waals surface area contributed by atoms with E-state index in [0.717, 1.165) is 5.56 Å². The summed E-state index contributed by atoms with van der Waals surface area (Å²) in [7, 11) is -0.0534. The van der Waals surface area contributed by atoms with Gasteiger partial charge in [-0.25, -0.2) is 4.98 Å². The Morgan fingerprint density at radius 3 is 2.24 bits per heavy atom. The van der Waals surface area contributed by atoms with Crippen molar-refractivity contribution in [3.05, 3.63) is 54.1 Å². The van der Waals surface area contributed by atoms with Gasteiger partial charge in [-0.2, -0.15) is 12.8 Å². The van der Waals surface area contributed by atoms with Crippen LogP contribution in [0.3, 0.4) is 0 Å². The molecule has 0 aliphatic carbocycles. The van der Waals surface area contributed by atoms with Crippen molar-refractivity contribution in [3.8, 4) is 5.75 Å². The highest BCUT2D eigenvalue weighted by Gasteiger charge is 2.07. The lowest BCUT2D eigenvalue weighted by atomic mass is 10.2. The van der Waals surface area contributed by atoms with E-state index in [0.29, 0.717) is 18.4 Å². The van der Waals surface area contributed by atoms with Gasteiger partial charge in [0.15, 0.2) is 0 Å². The van der Waals surface area contributed by atoms with Crippen molar-refractivity contribution < 1.29 is 22.1 Å². The van der Waals surface area contributed by atoms with Gasteiger partial charge in [0, 0.05) is 6.04 Å². The monoisotopic (exact) mass is 370 g/mol. The molecular weight excluding hydrogens is 347 g/mol. The smallest absolute Gasteiger partial charge is 0.294 e. The van der Waals surface area contributed by atoms with Crippen LogP contribution in [0.5, 0.6) is 5.75 Å². The molecule has 1 N–H and O–H groups in total. The maximum Gasteiger partial charge on any atom is 0.294 e. The van der Waals surface area contributed by atoms with Gasteiger partial charge in [0.2, 0.25) is 5.95 Å². The largest absolute Gasteiger partial charge is 0.490 e. The van der Waals surface area contributed by atoms with Crippen LogP contribution in [0.25, 0.3) is 0 Å². The molecule has 0 amide bonds. The highest BCUT2D eigenvalue weighted by atomic mass is 32.2. The maximum atomic E-state index is 12.4. The number of pyridine rings is 1. The first-order valence-corrected chi connectivity index (χ1v) is 8.98. The third kappa shape index (κ3) is 8.06. The van der Waals surface area contributed by atoms with Crippen molar-refractivity contribution in [3.63, 3.8) is 0 Å². The summed E-state index contributed by atoms with van der Waals surface area (Å²) in [5.74, 6) is 0.109. The average Bonchev–Trinajstić information content (AvgIpc) is 2.54. The summed E-state index contributed by atoms with van der Waals surface area (Å²) < 4.78 is 47.4. The molecule has 0 radical (unpaired) electrons. The Bertz CT molecular complexity index is 747. The molecular formula is C17H23FN2O4S. The molecule has 6 nitrogen and oxygen atoms in total. The Hall–Kier alpha value is -2.03. The lowest BCUT2D eigenvalue weighted by Gasteiger charge is -2.19. The molecule has 0 saturated heterocycles. The summed E-state index contributed by atoms with van der Waals surface area (Å²) in [5, 5.41) is 0. The van der Waals surface area contributed by atoms with Crippen molar-refractivity contribution in [1.29, 1.82) is 0 Å². The number of benzene rings is 1. The molecule has 2 aromatic rings. The number of aryl methyl sites for hydroxylation is 1. The van der Waals surface area contributed by atoms with Gasteiger partial charge in [0.1, 0.15) is 12.4 Å². The minimum Gasteiger partial charge on any atom is -0.490 e. The third-order valence-corrected chi connectivity index (χ3v) is 4.26. The van der Waals surface area contributed by atoms with Gasteiger partial charge in [-0.05, 0) is 52.2 Å². The molecule has 0 aliphatic rings. The predicted octanol–water partition coefficient (Wildman–Crippen LogP) is 2.79. The number of hydrogen-bond acceptors (Lipinski definition) is 5. The average molecular weight is 370 g/mol. The summed E-state index contributed by atoms with van der Waals surface area (Å²) in [6, 6.07) is 9.17. The van der Waals surface area contributed by atoms with Crippen LogP contribution in [0, 0.1) is 12.9 Å². The fourth-order valence-electron chi connectivity index (χ4n) is 1.52.